The van der Waals surface area contributed by atoms with E-state index in [0.29, 0.717) is 11.3 Å². The number of aromatic amines is 1. The van der Waals surface area contributed by atoms with E-state index in [2.05, 4.69) is 20.3 Å². The van der Waals surface area contributed by atoms with E-state index >= 15 is 0 Å². The first kappa shape index (κ1) is 27.2. The van der Waals surface area contributed by atoms with Crippen molar-refractivity contribution in [3.8, 4) is 22.9 Å². The summed E-state index contributed by atoms with van der Waals surface area (Å²) in [7, 11) is 2.65. The Kier molecular flexibility index (Phi) is 8.75. The topological polar surface area (TPSA) is 116 Å². The third-order valence-electron chi connectivity index (χ3n) is 6.02. The number of nitrogens with zero attached hydrogens (tertiary/aromatic N) is 3. The standard InChI is InChI=1S/C23H30F4N6O3/c1-4-33(22(34)32-15(6-5-9-24)13-7-8-13)19(23(25,26)27)16-10-14(18(35-2)12-29-16)17-11-30-20(28)21(31-17)36-3/h10-13,15,19H,4-9H2,1-3H3,(H2,28,30)(H,32,34)/t15?,19-/m0/s1. The molecule has 13 heteroatoms. The van der Waals surface area contributed by atoms with Crippen LogP contribution in [0, 0.1) is 11.3 Å². The summed E-state index contributed by atoms with van der Waals surface area (Å²) >= 11 is 0. The summed E-state index contributed by atoms with van der Waals surface area (Å²) in [4.78, 5) is 24.5. The van der Waals surface area contributed by atoms with Crippen molar-refractivity contribution in [2.75, 3.05) is 27.4 Å². The Balaban J connectivity index is 2.00. The molecule has 0 aliphatic heterocycles. The van der Waals surface area contributed by atoms with Gasteiger partial charge < -0.3 is 24.7 Å². The number of hydrogen-bond acceptors (Lipinski definition) is 6. The highest BCUT2D eigenvalue weighted by Gasteiger charge is 2.48. The van der Waals surface area contributed by atoms with Gasteiger partial charge in [0, 0.05) is 24.3 Å². The van der Waals surface area contributed by atoms with Gasteiger partial charge in [-0.15, -0.1) is 0 Å². The zero-order valence-electron chi connectivity index (χ0n) is 20.3. The maximum Gasteiger partial charge on any atom is 0.414 e. The van der Waals surface area contributed by atoms with Crippen molar-refractivity contribution in [2.45, 2.75) is 50.9 Å². The number of pyridine rings is 1. The normalized spacial score (nSPS) is 15.2. The summed E-state index contributed by atoms with van der Waals surface area (Å²) in [6, 6.07) is -2.46. The number of methoxy groups -OCH3 is 2. The molecule has 1 fully saturated rings. The molecule has 2 aromatic heterocycles. The highest BCUT2D eigenvalue weighted by molar-refractivity contribution is 5.75. The summed E-state index contributed by atoms with van der Waals surface area (Å²) < 4.78 is 66.2. The van der Waals surface area contributed by atoms with Crippen molar-refractivity contribution < 1.29 is 31.8 Å². The van der Waals surface area contributed by atoms with E-state index in [1.807, 2.05) is 0 Å². The molecular weight excluding hydrogens is 484 g/mol. The lowest BCUT2D eigenvalue weighted by atomic mass is 10.1. The average Bonchev–Trinajstić information content (AvgIpc) is 3.69. The van der Waals surface area contributed by atoms with Gasteiger partial charge in [-0.05, 0) is 44.6 Å². The molecule has 9 nitrogen and oxygen atoms in total. The van der Waals surface area contributed by atoms with Crippen molar-refractivity contribution in [1.82, 2.24) is 25.2 Å². The van der Waals surface area contributed by atoms with Gasteiger partial charge in [0.1, 0.15) is 5.75 Å². The second kappa shape index (κ2) is 11.6. The number of carbonyl (C=O) groups excluding carboxylic acids is 1. The monoisotopic (exact) mass is 514 g/mol. The average molecular weight is 515 g/mol. The SMILES string of the molecule is CCN(C(=O)NC(CCCF)C1CC1)[C@@H](c1cc(-c2c[nH]c(=N)c(OC)n2)c(OC)cn1)C(F)(F)F. The van der Waals surface area contributed by atoms with E-state index in [1.165, 1.54) is 27.3 Å². The fourth-order valence-electron chi connectivity index (χ4n) is 4.07. The van der Waals surface area contributed by atoms with Crippen LogP contribution in [0.25, 0.3) is 11.3 Å². The van der Waals surface area contributed by atoms with Gasteiger partial charge in [0.2, 0.25) is 0 Å². The Labute approximate surface area is 205 Å². The second-order valence-corrected chi connectivity index (χ2v) is 8.43. The molecule has 0 saturated heterocycles. The molecule has 2 atom stereocenters. The van der Waals surface area contributed by atoms with Gasteiger partial charge >= 0.3 is 12.2 Å². The molecular formula is C23H30F4N6O3. The molecule has 1 aliphatic carbocycles. The van der Waals surface area contributed by atoms with Crippen LogP contribution in [0.1, 0.15) is 44.3 Å². The molecule has 0 aromatic carbocycles. The molecule has 2 aromatic rings. The summed E-state index contributed by atoms with van der Waals surface area (Å²) in [5, 5.41) is 10.5. The number of carbonyl (C=O) groups is 1. The van der Waals surface area contributed by atoms with Crippen LogP contribution < -0.4 is 20.3 Å². The van der Waals surface area contributed by atoms with Gasteiger partial charge in [-0.2, -0.15) is 13.2 Å². The number of aromatic nitrogens is 3. The fourth-order valence-corrected chi connectivity index (χ4v) is 4.07. The van der Waals surface area contributed by atoms with Crippen LogP contribution >= 0.6 is 0 Å². The molecule has 0 spiro atoms. The third kappa shape index (κ3) is 6.24. The first-order chi connectivity index (χ1) is 17.1. The van der Waals surface area contributed by atoms with Gasteiger partial charge in [-0.3, -0.25) is 14.8 Å². The van der Waals surface area contributed by atoms with Crippen LogP contribution in [-0.2, 0) is 0 Å². The third-order valence-corrected chi connectivity index (χ3v) is 6.02. The molecule has 3 rings (SSSR count). The van der Waals surface area contributed by atoms with Gasteiger partial charge in [0.25, 0.3) is 5.88 Å². The van der Waals surface area contributed by atoms with Gasteiger partial charge in [0.15, 0.2) is 11.5 Å². The van der Waals surface area contributed by atoms with E-state index in [9.17, 15) is 22.4 Å². The van der Waals surface area contributed by atoms with Crippen LogP contribution in [0.3, 0.4) is 0 Å². The lowest BCUT2D eigenvalue weighted by Gasteiger charge is -2.33. The number of alkyl halides is 4. The number of urea groups is 1. The van der Waals surface area contributed by atoms with Crippen molar-refractivity contribution in [3.05, 3.63) is 29.6 Å². The quantitative estimate of drug-likeness (QED) is 0.390. The molecule has 1 aliphatic rings. The number of rotatable bonds is 11. The lowest BCUT2D eigenvalue weighted by Crippen LogP contribution is -2.50. The predicted molar refractivity (Wildman–Crippen MR) is 122 cm³/mol. The Hall–Kier alpha value is -3.38. The largest absolute Gasteiger partial charge is 0.494 e. The Morgan fingerprint density at radius 2 is 2.06 bits per heavy atom. The van der Waals surface area contributed by atoms with Crippen molar-refractivity contribution in [2.24, 2.45) is 5.92 Å². The van der Waals surface area contributed by atoms with Crippen LogP contribution in [0.5, 0.6) is 11.6 Å². The molecule has 36 heavy (non-hydrogen) atoms. The molecule has 3 N–H and O–H groups in total. The van der Waals surface area contributed by atoms with E-state index in [4.69, 9.17) is 14.9 Å². The minimum Gasteiger partial charge on any atom is -0.494 e. The van der Waals surface area contributed by atoms with Gasteiger partial charge in [0.05, 0.1) is 38.5 Å². The molecule has 2 heterocycles. The van der Waals surface area contributed by atoms with Gasteiger partial charge in [-0.25, -0.2) is 9.78 Å². The minimum absolute atomic E-state index is 0.0609. The maximum atomic E-state index is 14.4. The summed E-state index contributed by atoms with van der Waals surface area (Å²) in [5.74, 6) is 0.230. The van der Waals surface area contributed by atoms with Gasteiger partial charge in [-0.1, -0.05) is 0 Å². The van der Waals surface area contributed by atoms with Crippen LogP contribution in [-0.4, -0.2) is 65.5 Å². The van der Waals surface area contributed by atoms with Crippen LogP contribution in [0.15, 0.2) is 18.5 Å². The molecule has 1 saturated carbocycles. The maximum absolute atomic E-state index is 14.4. The van der Waals surface area contributed by atoms with Crippen molar-refractivity contribution >= 4 is 6.03 Å². The minimum atomic E-state index is -4.84. The number of nitrogens with one attached hydrogen (secondary N) is 3. The molecule has 2 amide bonds. The van der Waals surface area contributed by atoms with E-state index in [1.54, 1.807) is 0 Å². The summed E-state index contributed by atoms with van der Waals surface area (Å²) in [6.07, 6.45) is -0.0917. The molecule has 198 valence electrons. The summed E-state index contributed by atoms with van der Waals surface area (Å²) in [6.45, 7) is 0.648. The van der Waals surface area contributed by atoms with Crippen LogP contribution in [0.2, 0.25) is 0 Å². The van der Waals surface area contributed by atoms with E-state index in [-0.39, 0.29) is 53.3 Å². The number of amides is 2. The first-order valence-electron chi connectivity index (χ1n) is 11.6. The Morgan fingerprint density at radius 1 is 1.33 bits per heavy atom. The van der Waals surface area contributed by atoms with Crippen LogP contribution in [0.4, 0.5) is 22.4 Å². The lowest BCUT2D eigenvalue weighted by molar-refractivity contribution is -0.179. The number of ether oxygens (including phenoxy) is 2. The number of hydrogen-bond donors (Lipinski definition) is 3. The van der Waals surface area contributed by atoms with E-state index in [0.717, 1.165) is 25.1 Å². The zero-order chi connectivity index (χ0) is 26.5. The number of H-pyrrole nitrogens is 1. The van der Waals surface area contributed by atoms with Crippen molar-refractivity contribution in [3.63, 3.8) is 0 Å². The smallest absolute Gasteiger partial charge is 0.414 e. The Bertz CT molecular complexity index is 1110. The highest BCUT2D eigenvalue weighted by atomic mass is 19.4. The molecule has 0 radical (unpaired) electrons. The second-order valence-electron chi connectivity index (χ2n) is 8.43. The highest BCUT2D eigenvalue weighted by Crippen LogP contribution is 2.40. The fraction of sp³-hybridized carbons (Fsp3) is 0.565. The van der Waals surface area contributed by atoms with E-state index < -0.39 is 30.6 Å². The predicted octanol–water partition coefficient (Wildman–Crippen LogP) is 4.13. The summed E-state index contributed by atoms with van der Waals surface area (Å²) in [5.41, 5.74) is -0.217. The molecule has 1 unspecified atom stereocenters. The van der Waals surface area contributed by atoms with Crippen molar-refractivity contribution in [1.29, 1.82) is 5.41 Å². The molecule has 0 bridgehead atoms. The first-order valence-corrected chi connectivity index (χ1v) is 11.6. The Morgan fingerprint density at radius 3 is 2.61 bits per heavy atom. The zero-order valence-corrected chi connectivity index (χ0v) is 20.3. The number of halogens is 4.